The summed E-state index contributed by atoms with van der Waals surface area (Å²) in [6.45, 7) is 0.0327. The number of aromatic carboxylic acids is 1. The molecule has 0 aromatic heterocycles. The molecule has 0 atom stereocenters. The Balaban J connectivity index is 2.11. The summed E-state index contributed by atoms with van der Waals surface area (Å²) in [5, 5.41) is 8.85. The van der Waals surface area contributed by atoms with Crippen LogP contribution in [0.5, 0.6) is 5.75 Å². The van der Waals surface area contributed by atoms with Crippen LogP contribution >= 0.6 is 15.9 Å². The van der Waals surface area contributed by atoms with Gasteiger partial charge in [-0.2, -0.15) is 0 Å². The Morgan fingerprint density at radius 1 is 1.30 bits per heavy atom. The van der Waals surface area contributed by atoms with Crippen LogP contribution in [0.3, 0.4) is 0 Å². The molecule has 0 fully saturated rings. The molecule has 6 heteroatoms. The first-order valence-corrected chi connectivity index (χ1v) is 6.46. The largest absolute Gasteiger partial charge is 0.489 e. The van der Waals surface area contributed by atoms with Crippen molar-refractivity contribution in [1.29, 1.82) is 0 Å². The van der Waals surface area contributed by atoms with Crippen LogP contribution in [0.25, 0.3) is 0 Å². The number of benzene rings is 2. The van der Waals surface area contributed by atoms with E-state index < -0.39 is 5.97 Å². The highest BCUT2D eigenvalue weighted by atomic mass is 79.9. The zero-order chi connectivity index (χ0) is 14.7. The minimum absolute atomic E-state index is 0.00664. The molecule has 2 rings (SSSR count). The number of carboxylic acid groups (broad SMARTS) is 1. The lowest BCUT2D eigenvalue weighted by Gasteiger charge is -2.09. The molecule has 0 unspecified atom stereocenters. The first-order chi connectivity index (χ1) is 9.47. The van der Waals surface area contributed by atoms with E-state index in [2.05, 4.69) is 15.9 Å². The van der Waals surface area contributed by atoms with E-state index in [-0.39, 0.29) is 23.7 Å². The zero-order valence-electron chi connectivity index (χ0n) is 10.3. The zero-order valence-corrected chi connectivity index (χ0v) is 11.9. The Labute approximate surface area is 123 Å². The number of hydrogen-bond donors (Lipinski definition) is 2. The van der Waals surface area contributed by atoms with Crippen molar-refractivity contribution >= 4 is 27.6 Å². The maximum atomic E-state index is 13.6. The minimum Gasteiger partial charge on any atom is -0.489 e. The molecule has 2 aromatic rings. The second kappa shape index (κ2) is 5.92. The van der Waals surface area contributed by atoms with Crippen molar-refractivity contribution in [2.24, 2.45) is 0 Å². The van der Waals surface area contributed by atoms with E-state index >= 15 is 0 Å². The summed E-state index contributed by atoms with van der Waals surface area (Å²) >= 11 is 3.17. The van der Waals surface area contributed by atoms with Crippen LogP contribution < -0.4 is 10.5 Å². The van der Waals surface area contributed by atoms with E-state index in [4.69, 9.17) is 15.6 Å². The third kappa shape index (κ3) is 3.27. The van der Waals surface area contributed by atoms with Gasteiger partial charge in [-0.25, -0.2) is 9.18 Å². The fraction of sp³-hybridized carbons (Fsp3) is 0.0714. The van der Waals surface area contributed by atoms with Crippen LogP contribution in [-0.4, -0.2) is 11.1 Å². The molecule has 104 valence electrons. The molecule has 0 amide bonds. The van der Waals surface area contributed by atoms with Gasteiger partial charge in [0.25, 0.3) is 0 Å². The normalized spacial score (nSPS) is 10.3. The molecule has 0 aliphatic heterocycles. The fourth-order valence-electron chi connectivity index (χ4n) is 1.63. The summed E-state index contributed by atoms with van der Waals surface area (Å²) in [6, 6.07) is 8.90. The lowest BCUT2D eigenvalue weighted by Crippen LogP contribution is -2.03. The Bertz CT molecular complexity index is 661. The molecule has 0 saturated heterocycles. The Morgan fingerprint density at radius 2 is 2.05 bits per heavy atom. The lowest BCUT2D eigenvalue weighted by molar-refractivity contribution is 0.0698. The molecule has 20 heavy (non-hydrogen) atoms. The standard InChI is InChI=1S/C14H11BrFNO3/c15-9-2-1-8(12(16)5-9)7-20-10-3-4-11(14(18)19)13(17)6-10/h1-6H,7,17H2,(H,18,19). The smallest absolute Gasteiger partial charge is 0.337 e. The van der Waals surface area contributed by atoms with E-state index in [0.29, 0.717) is 15.8 Å². The van der Waals surface area contributed by atoms with Crippen LogP contribution in [-0.2, 0) is 6.61 Å². The molecule has 2 aromatic carbocycles. The number of nitrogens with two attached hydrogens (primary N) is 1. The molecule has 0 radical (unpaired) electrons. The van der Waals surface area contributed by atoms with Gasteiger partial charge < -0.3 is 15.6 Å². The van der Waals surface area contributed by atoms with Crippen molar-refractivity contribution in [1.82, 2.24) is 0 Å². The predicted octanol–water partition coefficient (Wildman–Crippen LogP) is 3.45. The quantitative estimate of drug-likeness (QED) is 0.837. The van der Waals surface area contributed by atoms with Crippen molar-refractivity contribution in [3.05, 3.63) is 57.8 Å². The third-order valence-corrected chi connectivity index (χ3v) is 3.16. The topological polar surface area (TPSA) is 72.5 Å². The molecule has 0 aliphatic carbocycles. The number of halogens is 2. The van der Waals surface area contributed by atoms with Gasteiger partial charge in [0.05, 0.1) is 5.56 Å². The van der Waals surface area contributed by atoms with E-state index in [0.717, 1.165) is 0 Å². The number of rotatable bonds is 4. The molecule has 0 spiro atoms. The van der Waals surface area contributed by atoms with Gasteiger partial charge in [0.2, 0.25) is 0 Å². The fourth-order valence-corrected chi connectivity index (χ4v) is 1.96. The molecule has 3 N–H and O–H groups in total. The van der Waals surface area contributed by atoms with Crippen molar-refractivity contribution < 1.29 is 19.0 Å². The number of carboxylic acids is 1. The summed E-state index contributed by atoms with van der Waals surface area (Å²) in [6.07, 6.45) is 0. The number of ether oxygens (including phenoxy) is 1. The van der Waals surface area contributed by atoms with E-state index in [1.54, 1.807) is 12.1 Å². The number of nitrogen functional groups attached to an aromatic ring is 1. The highest BCUT2D eigenvalue weighted by Gasteiger charge is 2.09. The average molecular weight is 340 g/mol. The van der Waals surface area contributed by atoms with Crippen molar-refractivity contribution in [2.75, 3.05) is 5.73 Å². The Morgan fingerprint density at radius 3 is 2.65 bits per heavy atom. The molecular weight excluding hydrogens is 329 g/mol. The molecule has 0 bridgehead atoms. The van der Waals surface area contributed by atoms with Gasteiger partial charge >= 0.3 is 5.97 Å². The number of carbonyl (C=O) groups is 1. The lowest BCUT2D eigenvalue weighted by atomic mass is 10.2. The highest BCUT2D eigenvalue weighted by Crippen LogP contribution is 2.22. The van der Waals surface area contributed by atoms with Crippen LogP contribution in [0.2, 0.25) is 0 Å². The highest BCUT2D eigenvalue weighted by molar-refractivity contribution is 9.10. The van der Waals surface area contributed by atoms with Crippen LogP contribution in [0.1, 0.15) is 15.9 Å². The van der Waals surface area contributed by atoms with Gasteiger partial charge in [-0.1, -0.05) is 22.0 Å². The van der Waals surface area contributed by atoms with Gasteiger partial charge in [-0.3, -0.25) is 0 Å². The summed E-state index contributed by atoms with van der Waals surface area (Å²) in [4.78, 5) is 10.8. The molecule has 0 heterocycles. The van der Waals surface area contributed by atoms with Crippen molar-refractivity contribution in [3.8, 4) is 5.75 Å². The van der Waals surface area contributed by atoms with Gasteiger partial charge in [0, 0.05) is 21.8 Å². The van der Waals surface area contributed by atoms with Gasteiger partial charge in [-0.15, -0.1) is 0 Å². The summed E-state index contributed by atoms with van der Waals surface area (Å²) in [5.74, 6) is -1.10. The summed E-state index contributed by atoms with van der Waals surface area (Å²) < 4.78 is 19.6. The molecule has 0 aliphatic rings. The summed E-state index contributed by atoms with van der Waals surface area (Å²) in [7, 11) is 0. The summed E-state index contributed by atoms with van der Waals surface area (Å²) in [5.41, 5.74) is 6.11. The number of anilines is 1. The maximum absolute atomic E-state index is 13.6. The second-order valence-electron chi connectivity index (χ2n) is 4.08. The van der Waals surface area contributed by atoms with Crippen LogP contribution in [0.15, 0.2) is 40.9 Å². The van der Waals surface area contributed by atoms with E-state index in [1.165, 1.54) is 24.3 Å². The van der Waals surface area contributed by atoms with E-state index in [9.17, 15) is 9.18 Å². The molecule has 4 nitrogen and oxygen atoms in total. The van der Waals surface area contributed by atoms with Gasteiger partial charge in [0.15, 0.2) is 0 Å². The van der Waals surface area contributed by atoms with Crippen LogP contribution in [0.4, 0.5) is 10.1 Å². The molecular formula is C14H11BrFNO3. The van der Waals surface area contributed by atoms with Crippen LogP contribution in [0, 0.1) is 5.82 Å². The Kier molecular flexibility index (Phi) is 4.24. The third-order valence-electron chi connectivity index (χ3n) is 2.66. The number of hydrogen-bond acceptors (Lipinski definition) is 3. The monoisotopic (exact) mass is 339 g/mol. The maximum Gasteiger partial charge on any atom is 0.337 e. The van der Waals surface area contributed by atoms with Crippen molar-refractivity contribution in [3.63, 3.8) is 0 Å². The predicted molar refractivity (Wildman–Crippen MR) is 76.2 cm³/mol. The van der Waals surface area contributed by atoms with E-state index in [1.807, 2.05) is 0 Å². The second-order valence-corrected chi connectivity index (χ2v) is 4.99. The van der Waals surface area contributed by atoms with Crippen molar-refractivity contribution in [2.45, 2.75) is 6.61 Å². The molecule has 0 saturated carbocycles. The first kappa shape index (κ1) is 14.3. The minimum atomic E-state index is -1.10. The SMILES string of the molecule is Nc1cc(OCc2ccc(Br)cc2F)ccc1C(=O)O. The van der Waals surface area contributed by atoms with Gasteiger partial charge in [0.1, 0.15) is 18.2 Å². The first-order valence-electron chi connectivity index (χ1n) is 5.67. The Hall–Kier alpha value is -2.08. The van der Waals surface area contributed by atoms with Gasteiger partial charge in [-0.05, 0) is 24.3 Å². The average Bonchev–Trinajstić information content (AvgIpc) is 2.37.